The summed E-state index contributed by atoms with van der Waals surface area (Å²) >= 11 is 3.51. The van der Waals surface area contributed by atoms with E-state index >= 15 is 0 Å². The Morgan fingerprint density at radius 3 is 2.43 bits per heavy atom. The molecule has 2 aromatic carbocycles. The molecular formula is C21H25BrN2O4. The van der Waals surface area contributed by atoms with E-state index in [0.29, 0.717) is 36.9 Å². The minimum absolute atomic E-state index is 0.300. The van der Waals surface area contributed by atoms with Crippen molar-refractivity contribution in [2.45, 2.75) is 27.2 Å². The molecule has 28 heavy (non-hydrogen) atoms. The Bertz CT molecular complexity index is 807. The number of hydrogen-bond donors (Lipinski definition) is 1. The molecule has 1 N–H and O–H groups in total. The topological polar surface area (TPSA) is 69.2 Å². The second-order valence-electron chi connectivity index (χ2n) is 5.77. The van der Waals surface area contributed by atoms with Crippen LogP contribution in [0.2, 0.25) is 0 Å². The van der Waals surface area contributed by atoms with Crippen molar-refractivity contribution < 1.29 is 19.0 Å². The molecule has 0 atom stereocenters. The quantitative estimate of drug-likeness (QED) is 0.418. The van der Waals surface area contributed by atoms with Gasteiger partial charge in [-0.25, -0.2) is 5.43 Å². The van der Waals surface area contributed by atoms with Gasteiger partial charge in [0, 0.05) is 5.56 Å². The van der Waals surface area contributed by atoms with Gasteiger partial charge in [0.25, 0.3) is 5.91 Å². The lowest BCUT2D eigenvalue weighted by Gasteiger charge is -2.14. The molecule has 1 amide bonds. The zero-order chi connectivity index (χ0) is 20.4. The minimum atomic E-state index is -0.300. The highest BCUT2D eigenvalue weighted by atomic mass is 79.9. The Labute approximate surface area is 174 Å². The van der Waals surface area contributed by atoms with Crippen molar-refractivity contribution in [2.75, 3.05) is 19.8 Å². The van der Waals surface area contributed by atoms with Crippen LogP contribution >= 0.6 is 15.9 Å². The zero-order valence-corrected chi connectivity index (χ0v) is 17.9. The van der Waals surface area contributed by atoms with Crippen LogP contribution in [-0.4, -0.2) is 31.9 Å². The van der Waals surface area contributed by atoms with E-state index in [-0.39, 0.29) is 5.91 Å². The summed E-state index contributed by atoms with van der Waals surface area (Å²) in [6.45, 7) is 7.57. The number of carbonyl (C=O) groups is 1. The lowest BCUT2D eigenvalue weighted by Crippen LogP contribution is -2.17. The summed E-state index contributed by atoms with van der Waals surface area (Å²) in [5, 5.41) is 4.04. The van der Waals surface area contributed by atoms with Crippen molar-refractivity contribution in [1.82, 2.24) is 5.43 Å². The molecule has 2 rings (SSSR count). The number of hydrazone groups is 1. The molecule has 0 heterocycles. The van der Waals surface area contributed by atoms with Crippen LogP contribution in [0.5, 0.6) is 17.2 Å². The Balaban J connectivity index is 2.07. The normalized spacial score (nSPS) is 10.7. The molecule has 6 nitrogen and oxygen atoms in total. The van der Waals surface area contributed by atoms with Gasteiger partial charge in [-0.3, -0.25) is 4.79 Å². The maximum Gasteiger partial charge on any atom is 0.271 e. The minimum Gasteiger partial charge on any atom is -0.494 e. The fourth-order valence-corrected chi connectivity index (χ4v) is 2.94. The van der Waals surface area contributed by atoms with Gasteiger partial charge in [0.1, 0.15) is 5.75 Å². The van der Waals surface area contributed by atoms with E-state index in [2.05, 4.69) is 26.5 Å². The molecule has 2 aromatic rings. The first-order chi connectivity index (χ1) is 13.6. The second-order valence-corrected chi connectivity index (χ2v) is 6.62. The van der Waals surface area contributed by atoms with Crippen LogP contribution in [0.4, 0.5) is 0 Å². The van der Waals surface area contributed by atoms with Crippen molar-refractivity contribution in [3.05, 3.63) is 52.0 Å². The maximum absolute atomic E-state index is 12.2. The fraction of sp³-hybridized carbons (Fsp3) is 0.333. The van der Waals surface area contributed by atoms with Gasteiger partial charge in [0.2, 0.25) is 0 Å². The number of nitrogens with zero attached hydrogens (tertiary/aromatic N) is 1. The van der Waals surface area contributed by atoms with E-state index in [1.54, 1.807) is 30.5 Å². The lowest BCUT2D eigenvalue weighted by atomic mass is 10.2. The molecule has 0 unspecified atom stereocenters. The number of carbonyl (C=O) groups excluding carboxylic acids is 1. The third-order valence-corrected chi connectivity index (χ3v) is 4.18. The summed E-state index contributed by atoms with van der Waals surface area (Å²) in [5.41, 5.74) is 3.79. The molecule has 0 aliphatic heterocycles. The molecule has 0 saturated heterocycles. The Morgan fingerprint density at radius 1 is 1.07 bits per heavy atom. The predicted octanol–water partition coefficient (Wildman–Crippen LogP) is 4.80. The predicted molar refractivity (Wildman–Crippen MR) is 114 cm³/mol. The van der Waals surface area contributed by atoms with Crippen LogP contribution in [0.3, 0.4) is 0 Å². The molecule has 0 aromatic heterocycles. The van der Waals surface area contributed by atoms with Gasteiger partial charge >= 0.3 is 0 Å². The molecular weight excluding hydrogens is 424 g/mol. The van der Waals surface area contributed by atoms with Gasteiger partial charge in [-0.2, -0.15) is 5.10 Å². The van der Waals surface area contributed by atoms with Gasteiger partial charge in [-0.05, 0) is 78.2 Å². The zero-order valence-electron chi connectivity index (χ0n) is 16.3. The SMILES string of the molecule is CCCOc1c(Br)cc(/C=N/NC(=O)c2ccc(OCC)cc2)cc1OCC. The first-order valence-corrected chi connectivity index (χ1v) is 10.0. The van der Waals surface area contributed by atoms with Gasteiger partial charge in [-0.15, -0.1) is 0 Å². The van der Waals surface area contributed by atoms with Crippen LogP contribution < -0.4 is 19.6 Å². The first-order valence-electron chi connectivity index (χ1n) is 9.24. The third-order valence-electron chi connectivity index (χ3n) is 3.59. The number of benzene rings is 2. The number of hydrogen-bond acceptors (Lipinski definition) is 5. The maximum atomic E-state index is 12.2. The van der Waals surface area contributed by atoms with E-state index in [1.807, 2.05) is 32.9 Å². The van der Waals surface area contributed by atoms with Gasteiger partial charge < -0.3 is 14.2 Å². The summed E-state index contributed by atoms with van der Waals surface area (Å²) in [4.78, 5) is 12.2. The van der Waals surface area contributed by atoms with Crippen LogP contribution in [0.25, 0.3) is 0 Å². The summed E-state index contributed by atoms with van der Waals surface area (Å²) in [6.07, 6.45) is 2.46. The Kier molecular flexibility index (Phi) is 8.81. The van der Waals surface area contributed by atoms with E-state index < -0.39 is 0 Å². The van der Waals surface area contributed by atoms with Gasteiger partial charge in [0.15, 0.2) is 11.5 Å². The van der Waals surface area contributed by atoms with Crippen molar-refractivity contribution in [2.24, 2.45) is 5.10 Å². The number of halogens is 1. The standard InChI is InChI=1S/C21H25BrN2O4/c1-4-11-28-20-18(22)12-15(13-19(20)27-6-3)14-23-24-21(25)16-7-9-17(10-8-16)26-5-2/h7-10,12-14H,4-6,11H2,1-3H3,(H,24,25)/b23-14+. The lowest BCUT2D eigenvalue weighted by molar-refractivity contribution is 0.0955. The number of ether oxygens (including phenoxy) is 3. The van der Waals surface area contributed by atoms with Crippen molar-refractivity contribution in [3.8, 4) is 17.2 Å². The molecule has 0 spiro atoms. The summed E-state index contributed by atoms with van der Waals surface area (Å²) < 4.78 is 17.6. The highest BCUT2D eigenvalue weighted by Crippen LogP contribution is 2.36. The third kappa shape index (κ3) is 6.27. The first kappa shape index (κ1) is 21.8. The smallest absolute Gasteiger partial charge is 0.271 e. The molecule has 0 aliphatic carbocycles. The fourth-order valence-electron chi connectivity index (χ4n) is 2.37. The molecule has 0 aliphatic rings. The van der Waals surface area contributed by atoms with Crippen molar-refractivity contribution in [3.63, 3.8) is 0 Å². The number of nitrogens with one attached hydrogen (secondary N) is 1. The van der Waals surface area contributed by atoms with Gasteiger partial charge in [0.05, 0.1) is 30.5 Å². The van der Waals surface area contributed by atoms with Crippen molar-refractivity contribution in [1.29, 1.82) is 0 Å². The summed E-state index contributed by atoms with van der Waals surface area (Å²) in [6, 6.07) is 10.6. The highest BCUT2D eigenvalue weighted by molar-refractivity contribution is 9.10. The van der Waals surface area contributed by atoms with Crippen molar-refractivity contribution >= 4 is 28.1 Å². The Morgan fingerprint density at radius 2 is 1.79 bits per heavy atom. The van der Waals surface area contributed by atoms with E-state index in [4.69, 9.17) is 14.2 Å². The molecule has 0 bridgehead atoms. The van der Waals surface area contributed by atoms with E-state index in [0.717, 1.165) is 22.2 Å². The average Bonchev–Trinajstić information content (AvgIpc) is 2.68. The van der Waals surface area contributed by atoms with E-state index in [1.165, 1.54) is 0 Å². The van der Waals surface area contributed by atoms with Crippen LogP contribution in [0.15, 0.2) is 46.0 Å². The Hall–Kier alpha value is -2.54. The largest absolute Gasteiger partial charge is 0.494 e. The number of amides is 1. The average molecular weight is 449 g/mol. The second kappa shape index (κ2) is 11.3. The molecule has 7 heteroatoms. The van der Waals surface area contributed by atoms with Gasteiger partial charge in [-0.1, -0.05) is 6.92 Å². The van der Waals surface area contributed by atoms with Crippen LogP contribution in [0.1, 0.15) is 43.1 Å². The molecule has 0 radical (unpaired) electrons. The number of rotatable bonds is 10. The molecule has 0 saturated carbocycles. The monoisotopic (exact) mass is 448 g/mol. The summed E-state index contributed by atoms with van der Waals surface area (Å²) in [7, 11) is 0. The molecule has 150 valence electrons. The highest BCUT2D eigenvalue weighted by Gasteiger charge is 2.12. The van der Waals surface area contributed by atoms with Crippen LogP contribution in [0, 0.1) is 0 Å². The summed E-state index contributed by atoms with van der Waals surface area (Å²) in [5.74, 6) is 1.72. The van der Waals surface area contributed by atoms with E-state index in [9.17, 15) is 4.79 Å². The molecule has 0 fully saturated rings. The van der Waals surface area contributed by atoms with Crippen LogP contribution in [-0.2, 0) is 0 Å².